The minimum absolute atomic E-state index is 0.0619. The zero-order valence-corrected chi connectivity index (χ0v) is 22.1. The summed E-state index contributed by atoms with van der Waals surface area (Å²) in [7, 11) is 0. The van der Waals surface area contributed by atoms with Gasteiger partial charge in [0.25, 0.3) is 11.2 Å². The summed E-state index contributed by atoms with van der Waals surface area (Å²) in [5, 5.41) is 24.6. The number of pyridine rings is 1. The number of non-ortho nitro benzene ring substituents is 1. The van der Waals surface area contributed by atoms with E-state index in [-0.39, 0.29) is 11.2 Å². The average Bonchev–Trinajstić information content (AvgIpc) is 3.63. The molecule has 2 aromatic carbocycles. The lowest BCUT2D eigenvalue weighted by Crippen LogP contribution is -2.49. The summed E-state index contributed by atoms with van der Waals surface area (Å²) in [5.41, 5.74) is 4.31. The molecule has 0 unspecified atom stereocenters. The number of anilines is 1. The molecule has 0 radical (unpaired) electrons. The average molecular weight is 541 g/mol. The summed E-state index contributed by atoms with van der Waals surface area (Å²) in [4.78, 5) is 31.7. The molecule has 3 aromatic heterocycles. The zero-order chi connectivity index (χ0) is 27.8. The Morgan fingerprint density at radius 1 is 1.07 bits per heavy atom. The summed E-state index contributed by atoms with van der Waals surface area (Å²) in [6, 6.07) is 15.8. The van der Waals surface area contributed by atoms with Crippen molar-refractivity contribution in [3.63, 3.8) is 0 Å². The molecule has 12 heteroatoms. The third-order valence-electron chi connectivity index (χ3n) is 7.43. The number of hydrogen-bond donors (Lipinski definition) is 1. The number of aromatic nitrogens is 5. The standard InChI is InChI=1S/C28H28N8O4/c1-18-14-19(2)23-16-24(28(37)29-25(23)15-18)26(27-30-31-32-35(27)17-22-4-3-13-40-22)34-11-9-33(10-12-34)20-5-7-21(8-6-20)36(38)39/h3-8,13-16,26H,9-12,17H2,1-2H3,(H,29,37)/t26-/m1/s1. The van der Waals surface area contributed by atoms with Crippen LogP contribution in [0.15, 0.2) is 70.1 Å². The Kier molecular flexibility index (Phi) is 6.60. The lowest BCUT2D eigenvalue weighted by Gasteiger charge is -2.39. The first-order chi connectivity index (χ1) is 19.4. The highest BCUT2D eigenvalue weighted by Gasteiger charge is 2.33. The maximum absolute atomic E-state index is 13.6. The number of aryl methyl sites for hydroxylation is 2. The lowest BCUT2D eigenvalue weighted by atomic mass is 9.99. The van der Waals surface area contributed by atoms with E-state index in [1.807, 2.05) is 38.1 Å². The van der Waals surface area contributed by atoms with Gasteiger partial charge in [-0.15, -0.1) is 5.10 Å². The summed E-state index contributed by atoms with van der Waals surface area (Å²) in [6.07, 6.45) is 1.60. The van der Waals surface area contributed by atoms with E-state index >= 15 is 0 Å². The van der Waals surface area contributed by atoms with Crippen LogP contribution in [0.4, 0.5) is 11.4 Å². The fourth-order valence-electron chi connectivity index (χ4n) is 5.49. The van der Waals surface area contributed by atoms with Crippen LogP contribution in [-0.2, 0) is 6.54 Å². The van der Waals surface area contributed by atoms with E-state index in [2.05, 4.69) is 36.4 Å². The molecule has 1 fully saturated rings. The van der Waals surface area contributed by atoms with Crippen molar-refractivity contribution in [3.05, 3.63) is 110 Å². The fraction of sp³-hybridized carbons (Fsp3) is 0.286. The lowest BCUT2D eigenvalue weighted by molar-refractivity contribution is -0.384. The van der Waals surface area contributed by atoms with Crippen molar-refractivity contribution >= 4 is 22.3 Å². The molecular formula is C28H28N8O4. The highest BCUT2D eigenvalue weighted by atomic mass is 16.6. The minimum Gasteiger partial charge on any atom is -0.467 e. The zero-order valence-electron chi connectivity index (χ0n) is 22.1. The highest BCUT2D eigenvalue weighted by molar-refractivity contribution is 5.83. The molecule has 0 spiro atoms. The van der Waals surface area contributed by atoms with Crippen LogP contribution in [0.5, 0.6) is 0 Å². The molecule has 5 aromatic rings. The molecule has 6 rings (SSSR count). The molecule has 0 amide bonds. The van der Waals surface area contributed by atoms with E-state index in [1.54, 1.807) is 23.1 Å². The maximum atomic E-state index is 13.6. The van der Waals surface area contributed by atoms with E-state index < -0.39 is 11.0 Å². The molecule has 1 N–H and O–H groups in total. The normalized spacial score (nSPS) is 15.0. The summed E-state index contributed by atoms with van der Waals surface area (Å²) < 4.78 is 7.22. The first-order valence-corrected chi connectivity index (χ1v) is 13.0. The van der Waals surface area contributed by atoms with Gasteiger partial charge in [-0.2, -0.15) is 0 Å². The molecule has 12 nitrogen and oxygen atoms in total. The first kappa shape index (κ1) is 25.4. The number of nitrogens with one attached hydrogen (secondary N) is 1. The van der Waals surface area contributed by atoms with Crippen molar-refractivity contribution in [1.29, 1.82) is 0 Å². The molecule has 4 heterocycles. The summed E-state index contributed by atoms with van der Waals surface area (Å²) >= 11 is 0. The van der Waals surface area contributed by atoms with Crippen LogP contribution in [0.25, 0.3) is 10.9 Å². The van der Waals surface area contributed by atoms with Gasteiger partial charge in [-0.1, -0.05) is 6.07 Å². The van der Waals surface area contributed by atoms with Gasteiger partial charge < -0.3 is 14.3 Å². The Morgan fingerprint density at radius 2 is 1.85 bits per heavy atom. The topological polar surface area (TPSA) is 139 Å². The Bertz CT molecular complexity index is 1720. The number of benzene rings is 2. The van der Waals surface area contributed by atoms with Crippen molar-refractivity contribution in [2.45, 2.75) is 26.4 Å². The van der Waals surface area contributed by atoms with Gasteiger partial charge in [0.15, 0.2) is 5.82 Å². The monoisotopic (exact) mass is 540 g/mol. The number of nitrogens with zero attached hydrogens (tertiary/aromatic N) is 7. The number of H-pyrrole nitrogens is 1. The molecule has 1 atom stereocenters. The van der Waals surface area contributed by atoms with Gasteiger partial charge in [-0.25, -0.2) is 4.68 Å². The number of hydrogen-bond acceptors (Lipinski definition) is 9. The quantitative estimate of drug-likeness (QED) is 0.242. The van der Waals surface area contributed by atoms with Gasteiger partial charge in [0.05, 0.1) is 11.2 Å². The number of piperazine rings is 1. The Labute approximate surface area is 229 Å². The van der Waals surface area contributed by atoms with E-state index in [4.69, 9.17) is 4.42 Å². The number of nitro benzene ring substituents is 1. The van der Waals surface area contributed by atoms with Gasteiger partial charge in [0.1, 0.15) is 18.3 Å². The van der Waals surface area contributed by atoms with Crippen LogP contribution < -0.4 is 10.5 Å². The molecule has 1 aliphatic heterocycles. The predicted octanol–water partition coefficient (Wildman–Crippen LogP) is 3.59. The SMILES string of the molecule is Cc1cc(C)c2cc([C@H](c3nnnn3Cc3ccco3)N3CCN(c4ccc([N+](=O)[O-])cc4)CC3)c(=O)[nH]c2c1. The number of tetrazole rings is 1. The van der Waals surface area contributed by atoms with Gasteiger partial charge in [-0.05, 0) is 71.8 Å². The highest BCUT2D eigenvalue weighted by Crippen LogP contribution is 2.30. The molecule has 0 saturated carbocycles. The van der Waals surface area contributed by atoms with Crippen LogP contribution in [0.1, 0.15) is 34.3 Å². The Morgan fingerprint density at radius 3 is 2.55 bits per heavy atom. The first-order valence-electron chi connectivity index (χ1n) is 13.0. The number of fused-ring (bicyclic) bond motifs is 1. The van der Waals surface area contributed by atoms with Gasteiger partial charge >= 0.3 is 0 Å². The number of aromatic amines is 1. The van der Waals surface area contributed by atoms with E-state index in [1.165, 1.54) is 12.1 Å². The van der Waals surface area contributed by atoms with Crippen molar-refractivity contribution < 1.29 is 9.34 Å². The molecule has 1 aliphatic rings. The Hall–Kier alpha value is -4.84. The molecule has 0 bridgehead atoms. The van der Waals surface area contributed by atoms with Crippen LogP contribution in [-0.4, -0.2) is 61.2 Å². The second-order valence-corrected chi connectivity index (χ2v) is 10.1. The van der Waals surface area contributed by atoms with Crippen molar-refractivity contribution in [1.82, 2.24) is 30.1 Å². The third kappa shape index (κ3) is 4.84. The van der Waals surface area contributed by atoms with E-state index in [0.29, 0.717) is 49.9 Å². The van der Waals surface area contributed by atoms with Crippen molar-refractivity contribution in [2.24, 2.45) is 0 Å². The second-order valence-electron chi connectivity index (χ2n) is 10.1. The largest absolute Gasteiger partial charge is 0.467 e. The van der Waals surface area contributed by atoms with Crippen LogP contribution >= 0.6 is 0 Å². The minimum atomic E-state index is -0.502. The smallest absolute Gasteiger partial charge is 0.269 e. The van der Waals surface area contributed by atoms with Crippen LogP contribution in [0.3, 0.4) is 0 Å². The molecule has 1 saturated heterocycles. The number of nitro groups is 1. The van der Waals surface area contributed by atoms with E-state index in [9.17, 15) is 14.9 Å². The van der Waals surface area contributed by atoms with Gasteiger partial charge in [0, 0.05) is 60.5 Å². The third-order valence-corrected chi connectivity index (χ3v) is 7.43. The van der Waals surface area contributed by atoms with Crippen LogP contribution in [0.2, 0.25) is 0 Å². The van der Waals surface area contributed by atoms with Crippen molar-refractivity contribution in [3.8, 4) is 0 Å². The van der Waals surface area contributed by atoms with Gasteiger partial charge in [0.2, 0.25) is 0 Å². The molecule has 40 heavy (non-hydrogen) atoms. The Balaban J connectivity index is 1.37. The number of rotatable bonds is 7. The molecular weight excluding hydrogens is 512 g/mol. The molecule has 0 aliphatic carbocycles. The maximum Gasteiger partial charge on any atom is 0.269 e. The van der Waals surface area contributed by atoms with Crippen molar-refractivity contribution in [2.75, 3.05) is 31.1 Å². The molecule has 204 valence electrons. The fourth-order valence-corrected chi connectivity index (χ4v) is 5.49. The van der Waals surface area contributed by atoms with Gasteiger partial charge in [-0.3, -0.25) is 19.8 Å². The predicted molar refractivity (Wildman–Crippen MR) is 148 cm³/mol. The summed E-state index contributed by atoms with van der Waals surface area (Å²) in [6.45, 7) is 6.96. The number of furan rings is 1. The summed E-state index contributed by atoms with van der Waals surface area (Å²) in [5.74, 6) is 1.25. The van der Waals surface area contributed by atoms with Crippen LogP contribution in [0, 0.1) is 24.0 Å². The second kappa shape index (κ2) is 10.4. The van der Waals surface area contributed by atoms with E-state index in [0.717, 1.165) is 27.7 Å².